The minimum absolute atomic E-state index is 0.263. The van der Waals surface area contributed by atoms with Crippen LogP contribution in [0.5, 0.6) is 0 Å². The van der Waals surface area contributed by atoms with E-state index in [9.17, 15) is 4.79 Å². The number of aromatic nitrogens is 2. The molecule has 1 aromatic carbocycles. The maximum absolute atomic E-state index is 12.0. The van der Waals surface area contributed by atoms with Crippen molar-refractivity contribution in [3.63, 3.8) is 0 Å². The number of fused-ring (bicyclic) bond motifs is 1. The summed E-state index contributed by atoms with van der Waals surface area (Å²) in [4.78, 5) is 16.7. The second-order valence-electron chi connectivity index (χ2n) is 6.83. The molecule has 0 radical (unpaired) electrons. The topological polar surface area (TPSA) is 57.3 Å². The van der Waals surface area contributed by atoms with E-state index < -0.39 is 0 Å². The molecule has 1 unspecified atom stereocenters. The Morgan fingerprint density at radius 3 is 2.96 bits per heavy atom. The van der Waals surface area contributed by atoms with Crippen LogP contribution >= 0.6 is 27.7 Å². The monoisotopic (exact) mass is 448 g/mol. The molecule has 27 heavy (non-hydrogen) atoms. The van der Waals surface area contributed by atoms with Crippen LogP contribution in [-0.4, -0.2) is 22.3 Å². The predicted octanol–water partition coefficient (Wildman–Crippen LogP) is 4.84. The van der Waals surface area contributed by atoms with Gasteiger partial charge in [-0.25, -0.2) is 9.78 Å². The van der Waals surface area contributed by atoms with Crippen molar-refractivity contribution in [3.8, 4) is 0 Å². The van der Waals surface area contributed by atoms with Gasteiger partial charge in [0.1, 0.15) is 5.58 Å². The third-order valence-corrected chi connectivity index (χ3v) is 6.50. The number of imidazole rings is 1. The Bertz CT molecular complexity index is 1040. The molecule has 1 aliphatic heterocycles. The molecule has 0 bridgehead atoms. The van der Waals surface area contributed by atoms with E-state index in [4.69, 9.17) is 14.1 Å². The van der Waals surface area contributed by atoms with Gasteiger partial charge < -0.3 is 13.7 Å². The summed E-state index contributed by atoms with van der Waals surface area (Å²) in [7, 11) is 0. The lowest BCUT2D eigenvalue weighted by molar-refractivity contribution is 0.0945. The van der Waals surface area contributed by atoms with Crippen LogP contribution in [0.1, 0.15) is 29.8 Å². The first kappa shape index (κ1) is 18.8. The van der Waals surface area contributed by atoms with Gasteiger partial charge in [-0.1, -0.05) is 27.7 Å². The largest absolute Gasteiger partial charge is 0.423 e. The first-order valence-electron chi connectivity index (χ1n) is 9.01. The average Bonchev–Trinajstić information content (AvgIpc) is 3.23. The highest BCUT2D eigenvalue weighted by atomic mass is 79.9. The van der Waals surface area contributed by atoms with E-state index >= 15 is 0 Å². The van der Waals surface area contributed by atoms with Crippen molar-refractivity contribution >= 4 is 38.7 Å². The molecular formula is C20H21BrN2O3S. The summed E-state index contributed by atoms with van der Waals surface area (Å²) in [5.74, 6) is 0.658. The van der Waals surface area contributed by atoms with Crippen molar-refractivity contribution in [1.82, 2.24) is 9.55 Å². The van der Waals surface area contributed by atoms with Gasteiger partial charge in [0.25, 0.3) is 0 Å². The molecule has 1 atom stereocenters. The number of hydrogen-bond acceptors (Lipinski definition) is 5. The summed E-state index contributed by atoms with van der Waals surface area (Å²) in [6.07, 6.45) is 2.49. The van der Waals surface area contributed by atoms with Crippen molar-refractivity contribution in [1.29, 1.82) is 0 Å². The third kappa shape index (κ3) is 4.00. The van der Waals surface area contributed by atoms with Crippen LogP contribution in [0.2, 0.25) is 0 Å². The van der Waals surface area contributed by atoms with Crippen LogP contribution in [-0.2, 0) is 17.0 Å². The Morgan fingerprint density at radius 2 is 2.19 bits per heavy atom. The van der Waals surface area contributed by atoms with Gasteiger partial charge in [-0.2, -0.15) is 0 Å². The number of hydrogen-bond donors (Lipinski definition) is 0. The summed E-state index contributed by atoms with van der Waals surface area (Å²) in [6, 6.07) is 7.35. The fourth-order valence-electron chi connectivity index (χ4n) is 3.41. The Hall–Kier alpha value is -1.57. The molecule has 0 amide bonds. The van der Waals surface area contributed by atoms with Crippen molar-refractivity contribution in [2.75, 3.05) is 6.61 Å². The molecule has 4 rings (SSSR count). The normalized spacial score (nSPS) is 17.1. The van der Waals surface area contributed by atoms with Crippen molar-refractivity contribution < 1.29 is 9.15 Å². The van der Waals surface area contributed by atoms with E-state index in [0.717, 1.165) is 52.3 Å². The van der Waals surface area contributed by atoms with Crippen molar-refractivity contribution in [3.05, 3.63) is 56.1 Å². The summed E-state index contributed by atoms with van der Waals surface area (Å²) >= 11 is 5.08. The number of rotatable bonds is 5. The molecule has 1 saturated heterocycles. The zero-order chi connectivity index (χ0) is 19.0. The molecule has 0 N–H and O–H groups in total. The first-order valence-corrected chi connectivity index (χ1v) is 10.8. The maximum atomic E-state index is 12.0. The molecule has 3 heterocycles. The Morgan fingerprint density at radius 1 is 1.33 bits per heavy atom. The number of aryl methyl sites for hydroxylation is 1. The lowest BCUT2D eigenvalue weighted by Gasteiger charge is -2.15. The molecule has 0 aliphatic carbocycles. The summed E-state index contributed by atoms with van der Waals surface area (Å²) in [5, 5.41) is 1.93. The highest BCUT2D eigenvalue weighted by molar-refractivity contribution is 9.10. The predicted molar refractivity (Wildman–Crippen MR) is 110 cm³/mol. The van der Waals surface area contributed by atoms with Crippen LogP contribution in [0.4, 0.5) is 0 Å². The van der Waals surface area contributed by atoms with E-state index in [2.05, 4.69) is 27.4 Å². The number of halogens is 1. The average molecular weight is 449 g/mol. The van der Waals surface area contributed by atoms with Crippen molar-refractivity contribution in [2.45, 2.75) is 50.2 Å². The van der Waals surface area contributed by atoms with E-state index in [1.54, 1.807) is 17.8 Å². The molecule has 1 fully saturated rings. The molecule has 3 aromatic rings. The highest BCUT2D eigenvalue weighted by Crippen LogP contribution is 2.29. The van der Waals surface area contributed by atoms with Crippen LogP contribution in [0.15, 0.2) is 43.1 Å². The molecule has 2 aromatic heterocycles. The van der Waals surface area contributed by atoms with Gasteiger partial charge in [-0.3, -0.25) is 0 Å². The van der Waals surface area contributed by atoms with Gasteiger partial charge >= 0.3 is 5.63 Å². The lowest BCUT2D eigenvalue weighted by atomic mass is 10.1. The number of thioether (sulfide) groups is 1. The lowest BCUT2D eigenvalue weighted by Crippen LogP contribution is -2.16. The second-order valence-corrected chi connectivity index (χ2v) is 8.69. The maximum Gasteiger partial charge on any atom is 0.336 e. The number of benzene rings is 1. The molecule has 1 aliphatic rings. The Kier molecular flexibility index (Phi) is 5.43. The summed E-state index contributed by atoms with van der Waals surface area (Å²) in [5.41, 5.74) is 3.45. The fourth-order valence-corrected chi connectivity index (χ4v) is 4.84. The van der Waals surface area contributed by atoms with Gasteiger partial charge in [-0.15, -0.1) is 0 Å². The van der Waals surface area contributed by atoms with E-state index in [-0.39, 0.29) is 11.7 Å². The molecular weight excluding hydrogens is 428 g/mol. The Labute approximate surface area is 170 Å². The van der Waals surface area contributed by atoms with Crippen LogP contribution in [0.25, 0.3) is 11.0 Å². The first-order chi connectivity index (χ1) is 13.0. The second kappa shape index (κ2) is 7.81. The number of nitrogens with zero attached hydrogens (tertiary/aromatic N) is 2. The Balaban J connectivity index is 1.61. The van der Waals surface area contributed by atoms with Gasteiger partial charge in [0, 0.05) is 34.0 Å². The minimum atomic E-state index is -0.328. The van der Waals surface area contributed by atoms with Gasteiger partial charge in [0.2, 0.25) is 0 Å². The zero-order valence-corrected chi connectivity index (χ0v) is 17.7. The van der Waals surface area contributed by atoms with E-state index in [0.29, 0.717) is 11.3 Å². The van der Waals surface area contributed by atoms with Gasteiger partial charge in [-0.05, 0) is 50.5 Å². The molecule has 5 nitrogen and oxygen atoms in total. The van der Waals surface area contributed by atoms with E-state index in [1.165, 1.54) is 5.69 Å². The standard InChI is InChI=1S/C20H21BrN2O3S/c1-12-13(2)23(10-16-4-3-7-25-16)20(22-12)27-11-14-8-19(24)26-18-9-15(21)5-6-17(14)18/h5-6,8-9,16H,3-4,7,10-11H2,1-2H3. The number of ether oxygens (including phenoxy) is 1. The summed E-state index contributed by atoms with van der Waals surface area (Å²) in [6.45, 7) is 5.82. The zero-order valence-electron chi connectivity index (χ0n) is 15.3. The molecule has 0 spiro atoms. The fraction of sp³-hybridized carbons (Fsp3) is 0.400. The van der Waals surface area contributed by atoms with Gasteiger partial charge in [0.05, 0.1) is 18.3 Å². The molecule has 142 valence electrons. The van der Waals surface area contributed by atoms with Crippen LogP contribution in [0, 0.1) is 13.8 Å². The minimum Gasteiger partial charge on any atom is -0.423 e. The van der Waals surface area contributed by atoms with Crippen LogP contribution < -0.4 is 5.63 Å². The smallest absolute Gasteiger partial charge is 0.336 e. The highest BCUT2D eigenvalue weighted by Gasteiger charge is 2.20. The van der Waals surface area contributed by atoms with Crippen molar-refractivity contribution in [2.24, 2.45) is 0 Å². The van der Waals surface area contributed by atoms with Crippen LogP contribution in [0.3, 0.4) is 0 Å². The quantitative estimate of drug-likeness (QED) is 0.412. The molecule has 0 saturated carbocycles. The SMILES string of the molecule is Cc1nc(SCc2cc(=O)oc3cc(Br)ccc23)n(CC2CCCO2)c1C. The molecule has 7 heteroatoms. The van der Waals surface area contributed by atoms with E-state index in [1.807, 2.05) is 25.1 Å². The summed E-state index contributed by atoms with van der Waals surface area (Å²) < 4.78 is 14.3. The van der Waals surface area contributed by atoms with Gasteiger partial charge in [0.15, 0.2) is 5.16 Å². The third-order valence-electron chi connectivity index (χ3n) is 4.98.